The van der Waals surface area contributed by atoms with E-state index in [1.54, 1.807) is 39.0 Å². The summed E-state index contributed by atoms with van der Waals surface area (Å²) in [7, 11) is 0. The Morgan fingerprint density at radius 2 is 1.38 bits per heavy atom. The SMILES string of the molecule is CC(C)(C)OC(=O)N1CCCC(C(=O)Nc2nn(C(c3ccccc3)(c3ccccc3)c3ccccc3)c3ccc(-c4cc(Cl)ccc4C(F)(F)F)cc23)C1. The third kappa shape index (κ3) is 7.56. The maximum absolute atomic E-state index is 14.4. The van der Waals surface area contributed by atoms with Crippen LogP contribution in [0.25, 0.3) is 22.0 Å². The lowest BCUT2D eigenvalue weighted by molar-refractivity contribution is -0.137. The molecule has 1 atom stereocenters. The van der Waals surface area contributed by atoms with Crippen LogP contribution in [0.3, 0.4) is 0 Å². The Balaban J connectivity index is 1.44. The smallest absolute Gasteiger partial charge is 0.417 e. The lowest BCUT2D eigenvalue weighted by Gasteiger charge is -2.37. The molecule has 5 aromatic carbocycles. The Morgan fingerprint density at radius 3 is 1.93 bits per heavy atom. The molecular weight excluding hydrogens is 725 g/mol. The summed E-state index contributed by atoms with van der Waals surface area (Å²) in [4.78, 5) is 28.7. The van der Waals surface area contributed by atoms with Gasteiger partial charge >= 0.3 is 12.3 Å². The van der Waals surface area contributed by atoms with E-state index < -0.39 is 34.9 Å². The van der Waals surface area contributed by atoms with Crippen LogP contribution in [0.4, 0.5) is 23.8 Å². The van der Waals surface area contributed by atoms with Crippen molar-refractivity contribution in [1.29, 1.82) is 0 Å². The van der Waals surface area contributed by atoms with Gasteiger partial charge in [0.25, 0.3) is 0 Å². The molecule has 7 nitrogen and oxygen atoms in total. The zero-order valence-electron chi connectivity index (χ0n) is 30.6. The Kier molecular flexibility index (Phi) is 10.2. The monoisotopic (exact) mass is 764 g/mol. The van der Waals surface area contributed by atoms with E-state index in [2.05, 4.69) is 5.32 Å². The van der Waals surface area contributed by atoms with Crippen LogP contribution in [0.5, 0.6) is 0 Å². The van der Waals surface area contributed by atoms with Gasteiger partial charge in [0.05, 0.1) is 17.0 Å². The highest BCUT2D eigenvalue weighted by atomic mass is 35.5. The van der Waals surface area contributed by atoms with Gasteiger partial charge in [0.1, 0.15) is 11.1 Å². The van der Waals surface area contributed by atoms with Crippen LogP contribution < -0.4 is 5.32 Å². The number of carbonyl (C=O) groups is 2. The fourth-order valence-corrected chi connectivity index (χ4v) is 7.62. The van der Waals surface area contributed by atoms with Gasteiger partial charge in [0, 0.05) is 23.5 Å². The first kappa shape index (κ1) is 37.7. The quantitative estimate of drug-likeness (QED) is 0.164. The molecule has 1 N–H and O–H groups in total. The van der Waals surface area contributed by atoms with Crippen LogP contribution in [0.1, 0.15) is 55.9 Å². The summed E-state index contributed by atoms with van der Waals surface area (Å²) in [6.07, 6.45) is -4.04. The summed E-state index contributed by atoms with van der Waals surface area (Å²) in [5, 5.41) is 8.80. The number of nitrogens with one attached hydrogen (secondary N) is 1. The van der Waals surface area contributed by atoms with Gasteiger partial charge in [-0.05, 0) is 91.8 Å². The second-order valence-electron chi connectivity index (χ2n) is 14.7. The summed E-state index contributed by atoms with van der Waals surface area (Å²) in [5.74, 6) is -0.788. The molecule has 1 aromatic heterocycles. The van der Waals surface area contributed by atoms with Crippen molar-refractivity contribution in [3.8, 4) is 11.1 Å². The number of benzene rings is 5. The molecule has 6 aromatic rings. The minimum Gasteiger partial charge on any atom is -0.444 e. The number of amides is 2. The van der Waals surface area contributed by atoms with Gasteiger partial charge in [0.15, 0.2) is 5.82 Å². The number of alkyl halides is 3. The Bertz CT molecular complexity index is 2230. The highest BCUT2D eigenvalue weighted by molar-refractivity contribution is 6.31. The molecule has 0 bridgehead atoms. The average Bonchev–Trinajstić information content (AvgIpc) is 3.52. The molecule has 1 aliphatic heterocycles. The zero-order chi connectivity index (χ0) is 39.0. The lowest BCUT2D eigenvalue weighted by Crippen LogP contribution is -2.45. The first-order chi connectivity index (χ1) is 26.3. The topological polar surface area (TPSA) is 76.5 Å². The van der Waals surface area contributed by atoms with E-state index in [4.69, 9.17) is 21.4 Å². The molecule has 55 heavy (non-hydrogen) atoms. The number of anilines is 1. The van der Waals surface area contributed by atoms with Crippen LogP contribution in [0, 0.1) is 5.92 Å². The van der Waals surface area contributed by atoms with Crippen molar-refractivity contribution in [2.24, 2.45) is 5.92 Å². The molecule has 1 unspecified atom stereocenters. The van der Waals surface area contributed by atoms with Crippen LogP contribution in [0.15, 0.2) is 127 Å². The van der Waals surface area contributed by atoms with Crippen LogP contribution >= 0.6 is 11.6 Å². The fraction of sp³-hybridized carbons (Fsp3) is 0.250. The van der Waals surface area contributed by atoms with Gasteiger partial charge in [0.2, 0.25) is 5.91 Å². The molecule has 1 fully saturated rings. The van der Waals surface area contributed by atoms with Gasteiger partial charge in [-0.1, -0.05) is 109 Å². The number of likely N-dealkylation sites (tertiary alicyclic amines) is 1. The number of aromatic nitrogens is 2. The molecule has 7 rings (SSSR count). The zero-order valence-corrected chi connectivity index (χ0v) is 31.4. The number of piperidine rings is 1. The number of halogens is 4. The summed E-state index contributed by atoms with van der Waals surface area (Å²) in [6.45, 7) is 5.96. The second kappa shape index (κ2) is 14.9. The first-order valence-electron chi connectivity index (χ1n) is 18.1. The third-order valence-electron chi connectivity index (χ3n) is 9.86. The number of fused-ring (bicyclic) bond motifs is 1. The van der Waals surface area contributed by atoms with Gasteiger partial charge in [-0.15, -0.1) is 0 Å². The predicted molar refractivity (Wildman–Crippen MR) is 209 cm³/mol. The standard InChI is InChI=1S/C44H40ClF3N4O3/c1-42(2,3)55-41(54)51-25-13-14-30(28-51)40(53)49-39-36-26-29(35-27-34(45)22-23-37(35)44(46,47)48)21-24-38(36)52(50-39)43(31-15-7-4-8-16-31,32-17-9-5-10-18-32)33-19-11-6-12-20-33/h4-12,15-24,26-27,30H,13-14,25,28H2,1-3H3,(H,49,50,53). The minimum absolute atomic E-state index is 0.104. The van der Waals surface area contributed by atoms with Crippen LogP contribution in [-0.2, 0) is 21.2 Å². The Hall–Kier alpha value is -5.61. The average molecular weight is 765 g/mol. The molecule has 0 aliphatic carbocycles. The van der Waals surface area contributed by atoms with Gasteiger partial charge in [-0.25, -0.2) is 9.48 Å². The van der Waals surface area contributed by atoms with E-state index in [0.717, 1.165) is 22.8 Å². The van der Waals surface area contributed by atoms with E-state index in [1.165, 1.54) is 17.0 Å². The Morgan fingerprint density at radius 1 is 0.800 bits per heavy atom. The van der Waals surface area contributed by atoms with Gasteiger partial charge in [-0.2, -0.15) is 18.3 Å². The number of hydrogen-bond acceptors (Lipinski definition) is 4. The van der Waals surface area contributed by atoms with Crippen molar-refractivity contribution in [2.45, 2.75) is 50.9 Å². The first-order valence-corrected chi connectivity index (χ1v) is 18.5. The molecule has 2 amide bonds. The van der Waals surface area contributed by atoms with E-state index in [9.17, 15) is 22.8 Å². The summed E-state index contributed by atoms with van der Waals surface area (Å²) in [5.41, 5.74) is 0.667. The van der Waals surface area contributed by atoms with Crippen molar-refractivity contribution in [2.75, 3.05) is 18.4 Å². The summed E-state index contributed by atoms with van der Waals surface area (Å²) < 4.78 is 50.6. The molecule has 0 radical (unpaired) electrons. The maximum Gasteiger partial charge on any atom is 0.417 e. The molecule has 1 saturated heterocycles. The van der Waals surface area contributed by atoms with E-state index in [-0.39, 0.29) is 34.4 Å². The summed E-state index contributed by atoms with van der Waals surface area (Å²) >= 11 is 6.28. The highest BCUT2D eigenvalue weighted by Crippen LogP contribution is 2.45. The molecule has 0 spiro atoms. The van der Waals surface area contributed by atoms with Crippen molar-refractivity contribution < 1.29 is 27.5 Å². The van der Waals surface area contributed by atoms with Crippen molar-refractivity contribution in [3.63, 3.8) is 0 Å². The number of hydrogen-bond donors (Lipinski definition) is 1. The van der Waals surface area contributed by atoms with Crippen molar-refractivity contribution in [3.05, 3.63) is 155 Å². The molecule has 282 valence electrons. The van der Waals surface area contributed by atoms with Crippen LogP contribution in [-0.4, -0.2) is 45.4 Å². The number of ether oxygens (including phenoxy) is 1. The number of rotatable bonds is 7. The van der Waals surface area contributed by atoms with Crippen molar-refractivity contribution >= 4 is 40.3 Å². The summed E-state index contributed by atoms with van der Waals surface area (Å²) in [6, 6.07) is 38.0. The molecule has 11 heteroatoms. The minimum atomic E-state index is -4.65. The van der Waals surface area contributed by atoms with E-state index in [1.807, 2.05) is 95.7 Å². The molecule has 2 heterocycles. The largest absolute Gasteiger partial charge is 0.444 e. The highest BCUT2D eigenvalue weighted by Gasteiger charge is 2.42. The number of nitrogens with zero attached hydrogens (tertiary/aromatic N) is 3. The van der Waals surface area contributed by atoms with Gasteiger partial charge < -0.3 is 15.0 Å². The van der Waals surface area contributed by atoms with E-state index in [0.29, 0.717) is 30.3 Å². The lowest BCUT2D eigenvalue weighted by atomic mass is 9.77. The van der Waals surface area contributed by atoms with E-state index >= 15 is 0 Å². The normalized spacial score (nSPS) is 15.2. The number of carbonyl (C=O) groups excluding carboxylic acids is 2. The van der Waals surface area contributed by atoms with Gasteiger partial charge in [-0.3, -0.25) is 4.79 Å². The molecular formula is C44H40ClF3N4O3. The molecule has 1 aliphatic rings. The maximum atomic E-state index is 14.4. The second-order valence-corrected chi connectivity index (χ2v) is 15.2. The Labute approximate surface area is 322 Å². The predicted octanol–water partition coefficient (Wildman–Crippen LogP) is 10.8. The van der Waals surface area contributed by atoms with Crippen LogP contribution in [0.2, 0.25) is 5.02 Å². The molecule has 0 saturated carbocycles. The third-order valence-corrected chi connectivity index (χ3v) is 10.1. The fourth-order valence-electron chi connectivity index (χ4n) is 7.44. The van der Waals surface area contributed by atoms with Crippen molar-refractivity contribution in [1.82, 2.24) is 14.7 Å².